The molecule has 1 heterocycles. The maximum atomic E-state index is 11.7. The molecule has 0 atom stereocenters. The lowest BCUT2D eigenvalue weighted by atomic mass is 10.1. The molecule has 0 saturated heterocycles. The second-order valence-corrected chi connectivity index (χ2v) is 6.57. The number of rotatable bonds is 11. The van der Waals surface area contributed by atoms with Crippen molar-refractivity contribution in [1.82, 2.24) is 20.9 Å². The van der Waals surface area contributed by atoms with Crippen LogP contribution in [-0.4, -0.2) is 50.1 Å². The zero-order valence-corrected chi connectivity index (χ0v) is 20.1. The van der Waals surface area contributed by atoms with Gasteiger partial charge in [-0.05, 0) is 56.0 Å². The van der Waals surface area contributed by atoms with Crippen LogP contribution in [0, 0.1) is 0 Å². The van der Waals surface area contributed by atoms with Gasteiger partial charge in [-0.25, -0.2) is 4.98 Å². The summed E-state index contributed by atoms with van der Waals surface area (Å²) in [5.41, 5.74) is 1.81. The van der Waals surface area contributed by atoms with Crippen molar-refractivity contribution in [2.75, 3.05) is 38.5 Å². The number of nitrogens with one attached hydrogen (secondary N) is 4. The topological polar surface area (TPSA) is 90.4 Å². The summed E-state index contributed by atoms with van der Waals surface area (Å²) in [5.74, 6) is 1.67. The first-order chi connectivity index (χ1) is 14.2. The number of benzene rings is 1. The molecule has 1 aromatic carbocycles. The van der Waals surface area contributed by atoms with Gasteiger partial charge in [0.15, 0.2) is 5.96 Å². The molecule has 164 valence electrons. The Labute approximate surface area is 196 Å². The van der Waals surface area contributed by atoms with Gasteiger partial charge in [-0.3, -0.25) is 9.79 Å². The lowest BCUT2D eigenvalue weighted by Crippen LogP contribution is -2.38. The highest BCUT2D eigenvalue weighted by Gasteiger charge is 2.04. The van der Waals surface area contributed by atoms with Crippen molar-refractivity contribution in [1.29, 1.82) is 0 Å². The SMILES string of the molecule is CCNC(=NCCCCNc1ccccn1)NCCc1cccc(C(=O)NC)c1.I. The first-order valence-electron chi connectivity index (χ1n) is 10.2. The largest absolute Gasteiger partial charge is 0.370 e. The number of halogens is 1. The third-order valence-electron chi connectivity index (χ3n) is 4.29. The van der Waals surface area contributed by atoms with Crippen LogP contribution in [0.5, 0.6) is 0 Å². The van der Waals surface area contributed by atoms with E-state index >= 15 is 0 Å². The maximum absolute atomic E-state index is 11.7. The molecule has 0 radical (unpaired) electrons. The van der Waals surface area contributed by atoms with Gasteiger partial charge < -0.3 is 21.3 Å². The summed E-state index contributed by atoms with van der Waals surface area (Å²) >= 11 is 0. The normalized spacial score (nSPS) is 10.7. The maximum Gasteiger partial charge on any atom is 0.251 e. The summed E-state index contributed by atoms with van der Waals surface area (Å²) in [6, 6.07) is 13.6. The minimum absolute atomic E-state index is 0. The minimum Gasteiger partial charge on any atom is -0.370 e. The van der Waals surface area contributed by atoms with Crippen LogP contribution < -0.4 is 21.3 Å². The average Bonchev–Trinajstić information content (AvgIpc) is 2.76. The fourth-order valence-corrected chi connectivity index (χ4v) is 2.79. The van der Waals surface area contributed by atoms with Crippen LogP contribution in [0.3, 0.4) is 0 Å². The van der Waals surface area contributed by atoms with E-state index in [-0.39, 0.29) is 29.9 Å². The zero-order chi connectivity index (χ0) is 20.7. The summed E-state index contributed by atoms with van der Waals surface area (Å²) in [6.45, 7) is 5.29. The predicted molar refractivity (Wildman–Crippen MR) is 135 cm³/mol. The molecule has 8 heteroatoms. The van der Waals surface area contributed by atoms with Gasteiger partial charge in [0.05, 0.1) is 0 Å². The van der Waals surface area contributed by atoms with Crippen LogP contribution in [0.2, 0.25) is 0 Å². The van der Waals surface area contributed by atoms with E-state index in [1.54, 1.807) is 13.2 Å². The number of pyridine rings is 1. The Kier molecular flexibility index (Phi) is 13.2. The Bertz CT molecular complexity index is 769. The zero-order valence-electron chi connectivity index (χ0n) is 17.8. The van der Waals surface area contributed by atoms with Crippen molar-refractivity contribution in [3.8, 4) is 0 Å². The molecule has 0 aliphatic carbocycles. The van der Waals surface area contributed by atoms with E-state index in [1.807, 2.05) is 42.5 Å². The summed E-state index contributed by atoms with van der Waals surface area (Å²) in [4.78, 5) is 20.6. The van der Waals surface area contributed by atoms with E-state index in [4.69, 9.17) is 0 Å². The number of aliphatic imine (C=N–C) groups is 1. The Hall–Kier alpha value is -2.36. The molecule has 7 nitrogen and oxygen atoms in total. The molecule has 0 saturated carbocycles. The number of carbonyl (C=O) groups excluding carboxylic acids is 1. The smallest absolute Gasteiger partial charge is 0.251 e. The van der Waals surface area contributed by atoms with Gasteiger partial charge in [0.2, 0.25) is 0 Å². The highest BCUT2D eigenvalue weighted by Crippen LogP contribution is 2.06. The first kappa shape index (κ1) is 25.7. The molecule has 0 fully saturated rings. The second-order valence-electron chi connectivity index (χ2n) is 6.57. The molecule has 0 aliphatic heterocycles. The quantitative estimate of drug-likeness (QED) is 0.157. The van der Waals surface area contributed by atoms with Crippen molar-refractivity contribution in [3.05, 3.63) is 59.8 Å². The monoisotopic (exact) mass is 524 g/mol. The predicted octanol–water partition coefficient (Wildman–Crippen LogP) is 3.05. The fourth-order valence-electron chi connectivity index (χ4n) is 2.79. The van der Waals surface area contributed by atoms with Crippen molar-refractivity contribution in [2.24, 2.45) is 4.99 Å². The van der Waals surface area contributed by atoms with Crippen molar-refractivity contribution in [3.63, 3.8) is 0 Å². The van der Waals surface area contributed by atoms with Crippen molar-refractivity contribution >= 4 is 41.7 Å². The van der Waals surface area contributed by atoms with Gasteiger partial charge in [-0.2, -0.15) is 0 Å². The number of unbranched alkanes of at least 4 members (excludes halogenated alkanes) is 1. The van der Waals surface area contributed by atoms with E-state index in [0.29, 0.717) is 5.56 Å². The number of hydrogen-bond acceptors (Lipinski definition) is 4. The molecule has 1 amide bonds. The molecular weight excluding hydrogens is 491 g/mol. The van der Waals surface area contributed by atoms with Crippen molar-refractivity contribution < 1.29 is 4.79 Å². The van der Waals surface area contributed by atoms with E-state index in [0.717, 1.165) is 62.8 Å². The van der Waals surface area contributed by atoms with Crippen LogP contribution in [0.1, 0.15) is 35.7 Å². The third kappa shape index (κ3) is 9.91. The molecule has 0 bridgehead atoms. The van der Waals surface area contributed by atoms with Crippen LogP contribution in [0.4, 0.5) is 5.82 Å². The lowest BCUT2D eigenvalue weighted by molar-refractivity contribution is 0.0963. The van der Waals surface area contributed by atoms with Crippen molar-refractivity contribution in [2.45, 2.75) is 26.2 Å². The number of amides is 1. The Morgan fingerprint density at radius 3 is 2.67 bits per heavy atom. The average molecular weight is 524 g/mol. The highest BCUT2D eigenvalue weighted by atomic mass is 127. The Morgan fingerprint density at radius 2 is 1.93 bits per heavy atom. The van der Waals surface area contributed by atoms with E-state index in [9.17, 15) is 4.79 Å². The summed E-state index contributed by atoms with van der Waals surface area (Å²) in [5, 5.41) is 12.6. The second kappa shape index (κ2) is 15.5. The molecule has 0 unspecified atom stereocenters. The van der Waals surface area contributed by atoms with Crippen LogP contribution in [0.25, 0.3) is 0 Å². The number of nitrogens with zero attached hydrogens (tertiary/aromatic N) is 2. The lowest BCUT2D eigenvalue weighted by Gasteiger charge is -2.12. The molecule has 2 rings (SSSR count). The van der Waals surface area contributed by atoms with Gasteiger partial charge in [-0.1, -0.05) is 18.2 Å². The van der Waals surface area contributed by atoms with Crippen LogP contribution in [-0.2, 0) is 6.42 Å². The molecular formula is C22H33IN6O. The van der Waals surface area contributed by atoms with Gasteiger partial charge in [0.1, 0.15) is 5.82 Å². The summed E-state index contributed by atoms with van der Waals surface area (Å²) < 4.78 is 0. The van der Waals surface area contributed by atoms with Crippen LogP contribution in [0.15, 0.2) is 53.7 Å². The third-order valence-corrected chi connectivity index (χ3v) is 4.29. The molecule has 1 aromatic heterocycles. The molecule has 4 N–H and O–H groups in total. The number of guanidine groups is 1. The first-order valence-corrected chi connectivity index (χ1v) is 10.2. The van der Waals surface area contributed by atoms with Gasteiger partial charge in [-0.15, -0.1) is 24.0 Å². The summed E-state index contributed by atoms with van der Waals surface area (Å²) in [7, 11) is 1.64. The Morgan fingerprint density at radius 1 is 1.07 bits per heavy atom. The number of aromatic nitrogens is 1. The Balaban J connectivity index is 0.00000450. The number of carbonyl (C=O) groups is 1. The fraction of sp³-hybridized carbons (Fsp3) is 0.409. The van der Waals surface area contributed by atoms with E-state index < -0.39 is 0 Å². The standard InChI is InChI=1S/C22H32N6O.HI/c1-3-24-22(27-15-7-6-14-26-20-11-4-5-13-25-20)28-16-12-18-9-8-10-19(17-18)21(29)23-2;/h4-5,8-11,13,17H,3,6-7,12,14-16H2,1-2H3,(H,23,29)(H,25,26)(H2,24,27,28);1H. The van der Waals surface area contributed by atoms with Gasteiger partial charge in [0, 0.05) is 45.0 Å². The minimum atomic E-state index is -0.0627. The molecule has 0 aliphatic rings. The van der Waals surface area contributed by atoms with E-state index in [2.05, 4.69) is 38.2 Å². The highest BCUT2D eigenvalue weighted by molar-refractivity contribution is 14.0. The molecule has 30 heavy (non-hydrogen) atoms. The van der Waals surface area contributed by atoms with E-state index in [1.165, 1.54) is 0 Å². The van der Waals surface area contributed by atoms with Gasteiger partial charge in [0.25, 0.3) is 5.91 Å². The molecule has 0 spiro atoms. The van der Waals surface area contributed by atoms with Crippen LogP contribution >= 0.6 is 24.0 Å². The summed E-state index contributed by atoms with van der Waals surface area (Å²) in [6.07, 6.45) is 4.65. The number of hydrogen-bond donors (Lipinski definition) is 4. The van der Waals surface area contributed by atoms with Gasteiger partial charge >= 0.3 is 0 Å². The number of anilines is 1. The molecule has 2 aromatic rings.